The van der Waals surface area contributed by atoms with Gasteiger partial charge >= 0.3 is 0 Å². The zero-order valence-electron chi connectivity index (χ0n) is 9.97. The topological polar surface area (TPSA) is 32.3 Å². The lowest BCUT2D eigenvalue weighted by Crippen LogP contribution is -2.54. The van der Waals surface area contributed by atoms with Gasteiger partial charge in [0.1, 0.15) is 0 Å². The normalized spacial score (nSPS) is 17.4. The SMILES string of the molecule is CC(=O)N1c2cc(F)c(F)cc2NCC1(C)C. The van der Waals surface area contributed by atoms with Crippen LogP contribution < -0.4 is 10.2 Å². The molecular weight excluding hydrogens is 226 g/mol. The van der Waals surface area contributed by atoms with Gasteiger partial charge < -0.3 is 10.2 Å². The van der Waals surface area contributed by atoms with Gasteiger partial charge in [0.15, 0.2) is 11.6 Å². The van der Waals surface area contributed by atoms with Gasteiger partial charge in [0.2, 0.25) is 5.91 Å². The molecule has 92 valence electrons. The number of anilines is 2. The average molecular weight is 240 g/mol. The number of fused-ring (bicyclic) bond motifs is 1. The highest BCUT2D eigenvalue weighted by molar-refractivity contribution is 5.97. The second kappa shape index (κ2) is 3.68. The van der Waals surface area contributed by atoms with Crippen LogP contribution in [0, 0.1) is 11.6 Å². The predicted molar refractivity (Wildman–Crippen MR) is 62.1 cm³/mol. The Morgan fingerprint density at radius 2 is 1.94 bits per heavy atom. The smallest absolute Gasteiger partial charge is 0.224 e. The predicted octanol–water partition coefficient (Wildman–Crippen LogP) is 2.52. The first-order valence-corrected chi connectivity index (χ1v) is 5.36. The fourth-order valence-electron chi connectivity index (χ4n) is 2.18. The molecule has 0 unspecified atom stereocenters. The number of nitrogens with one attached hydrogen (secondary N) is 1. The molecule has 0 saturated carbocycles. The molecule has 1 aromatic carbocycles. The highest BCUT2D eigenvalue weighted by Gasteiger charge is 2.36. The summed E-state index contributed by atoms with van der Waals surface area (Å²) in [6.07, 6.45) is 0. The Morgan fingerprint density at radius 3 is 2.53 bits per heavy atom. The van der Waals surface area contributed by atoms with E-state index in [0.29, 0.717) is 17.9 Å². The maximum atomic E-state index is 13.3. The molecule has 0 fully saturated rings. The molecule has 0 atom stereocenters. The number of nitrogens with zero attached hydrogens (tertiary/aromatic N) is 1. The number of carbonyl (C=O) groups is 1. The maximum absolute atomic E-state index is 13.3. The van der Waals surface area contributed by atoms with Gasteiger partial charge in [-0.3, -0.25) is 4.79 Å². The molecule has 2 rings (SSSR count). The number of rotatable bonds is 0. The van der Waals surface area contributed by atoms with E-state index in [9.17, 15) is 13.6 Å². The maximum Gasteiger partial charge on any atom is 0.224 e. The summed E-state index contributed by atoms with van der Waals surface area (Å²) in [7, 11) is 0. The van der Waals surface area contributed by atoms with Crippen LogP contribution in [0.5, 0.6) is 0 Å². The van der Waals surface area contributed by atoms with E-state index in [4.69, 9.17) is 0 Å². The Bertz CT molecular complexity index is 486. The molecule has 0 radical (unpaired) electrons. The average Bonchev–Trinajstić information content (AvgIpc) is 2.19. The monoisotopic (exact) mass is 240 g/mol. The van der Waals surface area contributed by atoms with Gasteiger partial charge in [0.25, 0.3) is 0 Å². The zero-order chi connectivity index (χ0) is 12.8. The van der Waals surface area contributed by atoms with Crippen LogP contribution in [-0.4, -0.2) is 18.0 Å². The fraction of sp³-hybridized carbons (Fsp3) is 0.417. The molecule has 3 nitrogen and oxygen atoms in total. The number of hydrogen-bond acceptors (Lipinski definition) is 2. The lowest BCUT2D eigenvalue weighted by molar-refractivity contribution is -0.117. The van der Waals surface area contributed by atoms with E-state index < -0.39 is 17.2 Å². The summed E-state index contributed by atoms with van der Waals surface area (Å²) >= 11 is 0. The summed E-state index contributed by atoms with van der Waals surface area (Å²) in [5, 5.41) is 3.01. The van der Waals surface area contributed by atoms with Crippen LogP contribution in [-0.2, 0) is 4.79 Å². The van der Waals surface area contributed by atoms with Crippen molar-refractivity contribution in [1.82, 2.24) is 0 Å². The van der Waals surface area contributed by atoms with Gasteiger partial charge in [-0.15, -0.1) is 0 Å². The minimum Gasteiger partial charge on any atom is -0.381 e. The van der Waals surface area contributed by atoms with Crippen LogP contribution in [0.3, 0.4) is 0 Å². The molecule has 1 N–H and O–H groups in total. The molecule has 0 bridgehead atoms. The summed E-state index contributed by atoms with van der Waals surface area (Å²) in [4.78, 5) is 13.1. The van der Waals surface area contributed by atoms with Gasteiger partial charge in [0.05, 0.1) is 16.9 Å². The van der Waals surface area contributed by atoms with Crippen molar-refractivity contribution in [3.63, 3.8) is 0 Å². The lowest BCUT2D eigenvalue weighted by atomic mass is 9.97. The molecule has 0 aromatic heterocycles. The largest absolute Gasteiger partial charge is 0.381 e. The van der Waals surface area contributed by atoms with Crippen molar-refractivity contribution in [2.45, 2.75) is 26.3 Å². The van der Waals surface area contributed by atoms with Gasteiger partial charge in [-0.25, -0.2) is 8.78 Å². The van der Waals surface area contributed by atoms with Crippen molar-refractivity contribution in [1.29, 1.82) is 0 Å². The molecule has 1 aliphatic heterocycles. The molecule has 1 heterocycles. The number of amides is 1. The van der Waals surface area contributed by atoms with Crippen LogP contribution in [0.25, 0.3) is 0 Å². The van der Waals surface area contributed by atoms with Crippen molar-refractivity contribution < 1.29 is 13.6 Å². The second-order valence-electron chi connectivity index (χ2n) is 4.80. The highest BCUT2D eigenvalue weighted by atomic mass is 19.2. The zero-order valence-corrected chi connectivity index (χ0v) is 9.97. The van der Waals surface area contributed by atoms with Crippen molar-refractivity contribution >= 4 is 17.3 Å². The van der Waals surface area contributed by atoms with E-state index in [0.717, 1.165) is 12.1 Å². The molecule has 1 aromatic rings. The summed E-state index contributed by atoms with van der Waals surface area (Å²) in [6.45, 7) is 5.64. The van der Waals surface area contributed by atoms with Crippen LogP contribution in [0.1, 0.15) is 20.8 Å². The Kier molecular flexibility index (Phi) is 2.56. The van der Waals surface area contributed by atoms with E-state index in [1.807, 2.05) is 13.8 Å². The van der Waals surface area contributed by atoms with Crippen LogP contribution in [0.15, 0.2) is 12.1 Å². The molecule has 17 heavy (non-hydrogen) atoms. The minimum atomic E-state index is -0.950. The molecule has 5 heteroatoms. The second-order valence-corrected chi connectivity index (χ2v) is 4.80. The van der Waals surface area contributed by atoms with E-state index in [2.05, 4.69) is 5.32 Å². The molecule has 0 spiro atoms. The molecular formula is C12H14F2N2O. The first kappa shape index (κ1) is 11.8. The summed E-state index contributed by atoms with van der Waals surface area (Å²) in [5.74, 6) is -2.06. The minimum absolute atomic E-state index is 0.191. The fourth-order valence-corrected chi connectivity index (χ4v) is 2.18. The third kappa shape index (κ3) is 1.85. The van der Waals surface area contributed by atoms with Gasteiger partial charge in [-0.1, -0.05) is 0 Å². The Balaban J connectivity index is 2.60. The van der Waals surface area contributed by atoms with Crippen LogP contribution >= 0.6 is 0 Å². The summed E-state index contributed by atoms with van der Waals surface area (Å²) in [5.41, 5.74) is 0.356. The molecule has 0 saturated heterocycles. The van der Waals surface area contributed by atoms with Gasteiger partial charge in [-0.2, -0.15) is 0 Å². The van der Waals surface area contributed by atoms with Gasteiger partial charge in [0, 0.05) is 25.6 Å². The Hall–Kier alpha value is -1.65. The third-order valence-electron chi connectivity index (χ3n) is 2.91. The molecule has 1 amide bonds. The standard InChI is InChI=1S/C12H14F2N2O/c1-7(17)16-11-5-9(14)8(13)4-10(11)15-6-12(16,2)3/h4-5,15H,6H2,1-3H3. The van der Waals surface area contributed by atoms with E-state index in [1.54, 1.807) is 0 Å². The van der Waals surface area contributed by atoms with Crippen molar-refractivity contribution in [3.05, 3.63) is 23.8 Å². The summed E-state index contributed by atoms with van der Waals surface area (Å²) < 4.78 is 26.4. The Labute approximate surface area is 98.4 Å². The van der Waals surface area contributed by atoms with Crippen LogP contribution in [0.4, 0.5) is 20.2 Å². The number of carbonyl (C=O) groups excluding carboxylic acids is 1. The first-order valence-electron chi connectivity index (χ1n) is 5.36. The number of hydrogen-bond donors (Lipinski definition) is 1. The lowest BCUT2D eigenvalue weighted by Gasteiger charge is -2.43. The quantitative estimate of drug-likeness (QED) is 0.755. The summed E-state index contributed by atoms with van der Waals surface area (Å²) in [6, 6.07) is 2.13. The highest BCUT2D eigenvalue weighted by Crippen LogP contribution is 2.37. The van der Waals surface area contributed by atoms with Crippen molar-refractivity contribution in [2.75, 3.05) is 16.8 Å². The van der Waals surface area contributed by atoms with E-state index >= 15 is 0 Å². The first-order chi connectivity index (χ1) is 7.83. The number of halogens is 2. The third-order valence-corrected chi connectivity index (χ3v) is 2.91. The number of benzene rings is 1. The van der Waals surface area contributed by atoms with Gasteiger partial charge in [-0.05, 0) is 13.8 Å². The Morgan fingerprint density at radius 1 is 1.35 bits per heavy atom. The van der Waals surface area contributed by atoms with E-state index in [-0.39, 0.29) is 5.91 Å². The van der Waals surface area contributed by atoms with Crippen molar-refractivity contribution in [3.8, 4) is 0 Å². The molecule has 0 aliphatic carbocycles. The molecule has 1 aliphatic rings. The van der Waals surface area contributed by atoms with Crippen molar-refractivity contribution in [2.24, 2.45) is 0 Å². The van der Waals surface area contributed by atoms with E-state index in [1.165, 1.54) is 11.8 Å². The van der Waals surface area contributed by atoms with Crippen LogP contribution in [0.2, 0.25) is 0 Å².